The van der Waals surface area contributed by atoms with Crippen LogP contribution in [0, 0.1) is 0 Å². The van der Waals surface area contributed by atoms with Gasteiger partial charge in [0.15, 0.2) is 0 Å². The lowest BCUT2D eigenvalue weighted by Crippen LogP contribution is -2.42. The van der Waals surface area contributed by atoms with E-state index in [-0.39, 0.29) is 19.2 Å². The number of carbonyl (C=O) groups excluding carboxylic acids is 2. The molecule has 24 heavy (non-hydrogen) atoms. The Balaban J connectivity index is 1.70. The molecular formula is C18H19ClN2O3. The quantitative estimate of drug-likeness (QED) is 0.624. The average molecular weight is 347 g/mol. The van der Waals surface area contributed by atoms with E-state index in [0.717, 1.165) is 5.56 Å². The third kappa shape index (κ3) is 5.59. The normalized spacial score (nSPS) is 11.4. The summed E-state index contributed by atoms with van der Waals surface area (Å²) in [6.07, 6.45) is 0. The maximum absolute atomic E-state index is 11.8. The van der Waals surface area contributed by atoms with Gasteiger partial charge in [0.25, 0.3) is 0 Å². The van der Waals surface area contributed by atoms with Crippen LogP contribution in [0.25, 0.3) is 0 Å². The van der Waals surface area contributed by atoms with E-state index in [0.29, 0.717) is 10.8 Å². The average Bonchev–Trinajstić information content (AvgIpc) is 2.60. The van der Waals surface area contributed by atoms with E-state index >= 15 is 0 Å². The van der Waals surface area contributed by atoms with Crippen LogP contribution < -0.4 is 15.4 Å². The molecule has 0 radical (unpaired) electrons. The molecule has 0 aromatic heterocycles. The van der Waals surface area contributed by atoms with Crippen molar-refractivity contribution in [3.8, 4) is 5.75 Å². The first-order valence-electron chi connectivity index (χ1n) is 7.58. The Kier molecular flexibility index (Phi) is 6.63. The molecule has 0 aliphatic heterocycles. The third-order valence-corrected chi connectivity index (χ3v) is 3.58. The lowest BCUT2D eigenvalue weighted by Gasteiger charge is -2.14. The molecule has 126 valence electrons. The van der Waals surface area contributed by atoms with E-state index in [1.165, 1.54) is 0 Å². The predicted molar refractivity (Wildman–Crippen MR) is 93.0 cm³/mol. The number of nitrogens with one attached hydrogen (secondary N) is 2. The van der Waals surface area contributed by atoms with E-state index in [2.05, 4.69) is 10.6 Å². The van der Waals surface area contributed by atoms with Crippen LogP contribution in [-0.2, 0) is 9.59 Å². The van der Waals surface area contributed by atoms with Gasteiger partial charge in [-0.3, -0.25) is 9.59 Å². The van der Waals surface area contributed by atoms with Gasteiger partial charge < -0.3 is 15.4 Å². The van der Waals surface area contributed by atoms with Gasteiger partial charge in [-0.05, 0) is 36.8 Å². The van der Waals surface area contributed by atoms with E-state index in [1.807, 2.05) is 37.3 Å². The molecule has 5 nitrogen and oxygen atoms in total. The number of hydrogen-bond acceptors (Lipinski definition) is 3. The van der Waals surface area contributed by atoms with Crippen LogP contribution in [0.5, 0.6) is 5.75 Å². The van der Waals surface area contributed by atoms with Crippen molar-refractivity contribution in [2.75, 3.05) is 13.2 Å². The Morgan fingerprint density at radius 1 is 1.04 bits per heavy atom. The van der Waals surface area contributed by atoms with Gasteiger partial charge in [0.2, 0.25) is 0 Å². The zero-order valence-corrected chi connectivity index (χ0v) is 14.0. The molecule has 0 spiro atoms. The van der Waals surface area contributed by atoms with E-state index in [4.69, 9.17) is 16.3 Å². The minimum Gasteiger partial charge on any atom is -0.492 e. The Morgan fingerprint density at radius 3 is 2.38 bits per heavy atom. The minimum atomic E-state index is -0.683. The number of benzene rings is 2. The van der Waals surface area contributed by atoms with Gasteiger partial charge in [0.05, 0.1) is 12.6 Å². The monoisotopic (exact) mass is 346 g/mol. The highest BCUT2D eigenvalue weighted by atomic mass is 35.5. The number of carbonyl (C=O) groups is 2. The standard InChI is InChI=1S/C18H19ClN2O3/c1-13(14-5-3-2-4-6-14)21-18(23)17(22)20-11-12-24-16-9-7-15(19)8-10-16/h2-10,13H,11-12H2,1H3,(H,20,22)(H,21,23)/t13-/m0/s1. The van der Waals surface area contributed by atoms with Gasteiger partial charge in [0.1, 0.15) is 12.4 Å². The summed E-state index contributed by atoms with van der Waals surface area (Å²) in [6, 6.07) is 16.1. The maximum atomic E-state index is 11.8. The Bertz CT molecular complexity index is 674. The largest absolute Gasteiger partial charge is 0.492 e. The highest BCUT2D eigenvalue weighted by molar-refractivity contribution is 6.35. The summed E-state index contributed by atoms with van der Waals surface area (Å²) in [5, 5.41) is 5.80. The van der Waals surface area contributed by atoms with Crippen molar-refractivity contribution < 1.29 is 14.3 Å². The summed E-state index contributed by atoms with van der Waals surface area (Å²) in [7, 11) is 0. The van der Waals surface area contributed by atoms with Crippen LogP contribution in [0.2, 0.25) is 5.02 Å². The first-order valence-corrected chi connectivity index (χ1v) is 7.96. The zero-order valence-electron chi connectivity index (χ0n) is 13.3. The molecule has 0 unspecified atom stereocenters. The number of hydrogen-bond donors (Lipinski definition) is 2. The molecule has 2 N–H and O–H groups in total. The molecule has 0 fully saturated rings. The van der Waals surface area contributed by atoms with Crippen molar-refractivity contribution >= 4 is 23.4 Å². The summed E-state index contributed by atoms with van der Waals surface area (Å²) in [5.41, 5.74) is 0.935. The van der Waals surface area contributed by atoms with Crippen LogP contribution >= 0.6 is 11.6 Å². The lowest BCUT2D eigenvalue weighted by atomic mass is 10.1. The second-order valence-electron chi connectivity index (χ2n) is 5.16. The van der Waals surface area contributed by atoms with Crippen LogP contribution in [0.3, 0.4) is 0 Å². The minimum absolute atomic E-state index is 0.231. The SMILES string of the molecule is C[C@H](NC(=O)C(=O)NCCOc1ccc(Cl)cc1)c1ccccc1. The van der Waals surface area contributed by atoms with Crippen LogP contribution in [0.4, 0.5) is 0 Å². The van der Waals surface area contributed by atoms with Gasteiger partial charge >= 0.3 is 11.8 Å². The maximum Gasteiger partial charge on any atom is 0.309 e. The molecule has 2 amide bonds. The summed E-state index contributed by atoms with van der Waals surface area (Å²) >= 11 is 5.78. The van der Waals surface area contributed by atoms with Gasteiger partial charge in [0, 0.05) is 5.02 Å². The third-order valence-electron chi connectivity index (χ3n) is 3.32. The molecule has 2 aromatic rings. The van der Waals surface area contributed by atoms with Crippen molar-refractivity contribution in [3.63, 3.8) is 0 Å². The number of rotatable bonds is 6. The van der Waals surface area contributed by atoms with Crippen molar-refractivity contribution in [2.24, 2.45) is 0 Å². The smallest absolute Gasteiger partial charge is 0.309 e. The van der Waals surface area contributed by atoms with E-state index < -0.39 is 11.8 Å². The van der Waals surface area contributed by atoms with E-state index in [9.17, 15) is 9.59 Å². The van der Waals surface area contributed by atoms with Crippen molar-refractivity contribution in [1.82, 2.24) is 10.6 Å². The number of amides is 2. The van der Waals surface area contributed by atoms with Crippen molar-refractivity contribution in [2.45, 2.75) is 13.0 Å². The Labute approximate surface area is 146 Å². The van der Waals surface area contributed by atoms with Crippen molar-refractivity contribution in [1.29, 1.82) is 0 Å². The fourth-order valence-corrected chi connectivity index (χ4v) is 2.16. The second-order valence-corrected chi connectivity index (χ2v) is 5.60. The molecule has 1 atom stereocenters. The molecule has 6 heteroatoms. The van der Waals surface area contributed by atoms with Gasteiger partial charge in [-0.15, -0.1) is 0 Å². The molecule has 0 bridgehead atoms. The molecule has 0 aliphatic carbocycles. The second kappa shape index (κ2) is 8.93. The van der Waals surface area contributed by atoms with Crippen LogP contribution in [-0.4, -0.2) is 25.0 Å². The van der Waals surface area contributed by atoms with E-state index in [1.54, 1.807) is 24.3 Å². The molecular weight excluding hydrogens is 328 g/mol. The van der Waals surface area contributed by atoms with Crippen LogP contribution in [0.15, 0.2) is 54.6 Å². The summed E-state index contributed by atoms with van der Waals surface area (Å²) in [5.74, 6) is -0.703. The first kappa shape index (κ1) is 17.8. The molecule has 0 saturated heterocycles. The van der Waals surface area contributed by atoms with Gasteiger partial charge in [-0.25, -0.2) is 0 Å². The fourth-order valence-electron chi connectivity index (χ4n) is 2.03. The fraction of sp³-hybridized carbons (Fsp3) is 0.222. The molecule has 0 aliphatic rings. The highest BCUT2D eigenvalue weighted by Gasteiger charge is 2.16. The lowest BCUT2D eigenvalue weighted by molar-refractivity contribution is -0.139. The summed E-state index contributed by atoms with van der Waals surface area (Å²) < 4.78 is 5.44. The number of halogens is 1. The summed E-state index contributed by atoms with van der Waals surface area (Å²) in [4.78, 5) is 23.6. The van der Waals surface area contributed by atoms with Gasteiger partial charge in [-0.2, -0.15) is 0 Å². The van der Waals surface area contributed by atoms with Gasteiger partial charge in [-0.1, -0.05) is 41.9 Å². The molecule has 2 rings (SSSR count). The topological polar surface area (TPSA) is 67.4 Å². The summed E-state index contributed by atoms with van der Waals surface area (Å²) in [6.45, 7) is 2.31. The Hall–Kier alpha value is -2.53. The number of ether oxygens (including phenoxy) is 1. The first-order chi connectivity index (χ1) is 11.6. The van der Waals surface area contributed by atoms with Crippen molar-refractivity contribution in [3.05, 3.63) is 65.2 Å². The molecule has 0 heterocycles. The zero-order chi connectivity index (χ0) is 17.4. The van der Waals surface area contributed by atoms with Crippen LogP contribution in [0.1, 0.15) is 18.5 Å². The highest BCUT2D eigenvalue weighted by Crippen LogP contribution is 2.15. The molecule has 0 saturated carbocycles. The predicted octanol–water partition coefficient (Wildman–Crippen LogP) is 2.71. The molecule has 2 aromatic carbocycles. The Morgan fingerprint density at radius 2 is 1.71 bits per heavy atom.